The van der Waals surface area contributed by atoms with Crippen molar-refractivity contribution in [2.45, 2.75) is 59.0 Å². The van der Waals surface area contributed by atoms with Crippen molar-refractivity contribution in [1.29, 1.82) is 0 Å². The average molecular weight is 589 g/mol. The zero-order valence-corrected chi connectivity index (χ0v) is 27.4. The van der Waals surface area contributed by atoms with Gasteiger partial charge in [-0.25, -0.2) is 0 Å². The van der Waals surface area contributed by atoms with Gasteiger partial charge in [0.1, 0.15) is 0 Å². The van der Waals surface area contributed by atoms with E-state index in [9.17, 15) is 0 Å². The van der Waals surface area contributed by atoms with Gasteiger partial charge in [-0.05, 0) is 0 Å². The van der Waals surface area contributed by atoms with Crippen LogP contribution < -0.4 is 5.19 Å². The molecule has 0 N–H and O–H groups in total. The van der Waals surface area contributed by atoms with Crippen LogP contribution in [0.15, 0.2) is 142 Å². The van der Waals surface area contributed by atoms with E-state index in [-0.39, 0.29) is 0 Å². The zero-order chi connectivity index (χ0) is 28.1. The Hall–Kier alpha value is -2.71. The number of allylic oxidation sites excluding steroid dienone is 4. The molecular weight excluding hydrogens is 544 g/mol. The van der Waals surface area contributed by atoms with E-state index in [1.165, 1.54) is 62.6 Å². The summed E-state index contributed by atoms with van der Waals surface area (Å²) in [5, 5.41) is 1.61. The Morgan fingerprint density at radius 3 is 1.51 bits per heavy atom. The van der Waals surface area contributed by atoms with Gasteiger partial charge in [-0.1, -0.05) is 0 Å². The number of rotatable bonds is 10. The normalized spacial score (nSPS) is 17.3. The Labute approximate surface area is 252 Å². The molecule has 0 saturated heterocycles. The molecule has 1 atom stereocenters. The second-order valence-electron chi connectivity index (χ2n) is 13.1. The van der Waals surface area contributed by atoms with E-state index in [1.807, 2.05) is 9.45 Å². The van der Waals surface area contributed by atoms with Gasteiger partial charge in [0.05, 0.1) is 0 Å². The van der Waals surface area contributed by atoms with Crippen LogP contribution in [0.2, 0.25) is 19.1 Å². The maximum absolute atomic E-state index is 2.83. The van der Waals surface area contributed by atoms with Crippen molar-refractivity contribution in [3.63, 3.8) is 0 Å². The number of hydrogen-bond donors (Lipinski definition) is 0. The topological polar surface area (TPSA) is 0 Å². The Bertz CT molecular complexity index is 1390. The fourth-order valence-corrected chi connectivity index (χ4v) is 19.5. The molecule has 0 nitrogen and oxygen atoms in total. The van der Waals surface area contributed by atoms with E-state index in [0.29, 0.717) is 5.92 Å². The third-order valence-electron chi connectivity index (χ3n) is 9.72. The predicted octanol–water partition coefficient (Wildman–Crippen LogP) is 9.74. The molecule has 0 bridgehead atoms. The monoisotopic (exact) mass is 588 g/mol. The Balaban J connectivity index is 1.50. The molecule has 0 amide bonds. The molecule has 2 aliphatic carbocycles. The standard InChI is InChI=1S/C18H23Si.3C7H7.Ti/c1-19(2,17-9-4-3-5-10-17)14-16-13-12-15-8-6-7-11-18(15)16;3*1-7-5-3-2-4-6-7;/h3-5,9-10,12,16H,6-8,11,14H2,1-2H3;3*2-6H,1H2;. The fourth-order valence-electron chi connectivity index (χ4n) is 7.72. The molecule has 0 heterocycles. The third kappa shape index (κ3) is 6.54. The van der Waals surface area contributed by atoms with Crippen molar-refractivity contribution in [2.24, 2.45) is 5.92 Å². The van der Waals surface area contributed by atoms with Crippen LogP contribution in [0, 0.1) is 5.92 Å². The first kappa shape index (κ1) is 28.4. The van der Waals surface area contributed by atoms with Crippen molar-refractivity contribution in [1.82, 2.24) is 0 Å². The number of benzene rings is 4. The summed E-state index contributed by atoms with van der Waals surface area (Å²) < 4.78 is 5.66. The van der Waals surface area contributed by atoms with Crippen LogP contribution in [-0.4, -0.2) is 8.07 Å². The summed E-state index contributed by atoms with van der Waals surface area (Å²) in [5.74, 6) is 0.628. The minimum absolute atomic E-state index is 0.628. The van der Waals surface area contributed by atoms with E-state index in [0.717, 1.165) is 0 Å². The summed E-state index contributed by atoms with van der Waals surface area (Å²) in [6, 6.07) is 47.3. The molecule has 4 aromatic carbocycles. The first-order chi connectivity index (χ1) is 20.0. The first-order valence-electron chi connectivity index (χ1n) is 15.6. The van der Waals surface area contributed by atoms with Gasteiger partial charge >= 0.3 is 254 Å². The van der Waals surface area contributed by atoms with Crippen LogP contribution in [0.4, 0.5) is 0 Å². The molecule has 6 rings (SSSR count). The van der Waals surface area contributed by atoms with E-state index in [1.54, 1.807) is 10.8 Å². The summed E-state index contributed by atoms with van der Waals surface area (Å²) in [4.78, 5) is 0. The summed E-state index contributed by atoms with van der Waals surface area (Å²) in [5.41, 5.74) is 8.14. The Morgan fingerprint density at radius 1 is 0.585 bits per heavy atom. The molecule has 4 aromatic rings. The summed E-state index contributed by atoms with van der Waals surface area (Å²) in [6.45, 7) is 5.25. The molecule has 2 heteroatoms. The SMILES string of the molecule is C[Si](C)(CC1[C]([Ti]([CH2]c2ccccc2)([CH2]c2ccccc2)[CH2]c2ccccc2)=CC2=C1CCCC2)c1ccccc1. The fraction of sp³-hybridized carbons (Fsp3) is 0.282. The van der Waals surface area contributed by atoms with Crippen LogP contribution in [0.5, 0.6) is 0 Å². The summed E-state index contributed by atoms with van der Waals surface area (Å²) in [7, 11) is -1.66. The van der Waals surface area contributed by atoms with Gasteiger partial charge in [0.25, 0.3) is 0 Å². The zero-order valence-electron chi connectivity index (χ0n) is 24.9. The molecule has 0 aliphatic heterocycles. The first-order valence-corrected chi connectivity index (χ1v) is 22.9. The van der Waals surface area contributed by atoms with Gasteiger partial charge in [0, 0.05) is 0 Å². The molecule has 0 fully saturated rings. The molecule has 0 aromatic heterocycles. The van der Waals surface area contributed by atoms with Gasteiger partial charge in [0.15, 0.2) is 0 Å². The van der Waals surface area contributed by atoms with E-state index >= 15 is 0 Å². The van der Waals surface area contributed by atoms with Crippen molar-refractivity contribution < 1.29 is 16.6 Å². The van der Waals surface area contributed by atoms with Gasteiger partial charge < -0.3 is 0 Å². The molecule has 0 spiro atoms. The predicted molar refractivity (Wildman–Crippen MR) is 176 cm³/mol. The van der Waals surface area contributed by atoms with Crippen molar-refractivity contribution in [3.05, 3.63) is 159 Å². The quantitative estimate of drug-likeness (QED) is 0.162. The van der Waals surface area contributed by atoms with Gasteiger partial charge in [-0.15, -0.1) is 0 Å². The van der Waals surface area contributed by atoms with Crippen molar-refractivity contribution in [2.75, 3.05) is 0 Å². The molecule has 208 valence electrons. The van der Waals surface area contributed by atoms with Crippen molar-refractivity contribution in [3.8, 4) is 0 Å². The Morgan fingerprint density at radius 2 is 1.02 bits per heavy atom. The van der Waals surface area contributed by atoms with Gasteiger partial charge in [-0.3, -0.25) is 0 Å². The molecule has 0 radical (unpaired) electrons. The maximum atomic E-state index is 2.81. The minimum atomic E-state index is -2.83. The van der Waals surface area contributed by atoms with Crippen LogP contribution in [-0.2, 0) is 30.8 Å². The van der Waals surface area contributed by atoms with Crippen LogP contribution in [0.1, 0.15) is 42.4 Å². The van der Waals surface area contributed by atoms with Crippen LogP contribution in [0.3, 0.4) is 0 Å². The molecule has 2 aliphatic rings. The third-order valence-corrected chi connectivity index (χ3v) is 20.8. The molecule has 0 saturated carbocycles. The molecular formula is C39H44SiTi. The molecule has 1 unspecified atom stereocenters. The van der Waals surface area contributed by atoms with E-state index < -0.39 is 24.7 Å². The van der Waals surface area contributed by atoms with Crippen molar-refractivity contribution >= 4 is 13.3 Å². The Kier molecular flexibility index (Phi) is 8.77. The number of hydrogen-bond acceptors (Lipinski definition) is 0. The van der Waals surface area contributed by atoms with Crippen LogP contribution >= 0.6 is 0 Å². The van der Waals surface area contributed by atoms with Crippen LogP contribution in [0.25, 0.3) is 0 Å². The second kappa shape index (κ2) is 12.7. The average Bonchev–Trinajstić information content (AvgIpc) is 3.37. The van der Waals surface area contributed by atoms with Gasteiger partial charge in [-0.2, -0.15) is 0 Å². The summed E-state index contributed by atoms with van der Waals surface area (Å²) >= 11 is -2.83. The second-order valence-corrected chi connectivity index (χ2v) is 24.4. The van der Waals surface area contributed by atoms with Gasteiger partial charge in [0.2, 0.25) is 0 Å². The molecule has 41 heavy (non-hydrogen) atoms. The van der Waals surface area contributed by atoms with E-state index in [2.05, 4.69) is 140 Å². The van der Waals surface area contributed by atoms with E-state index in [4.69, 9.17) is 0 Å². The summed E-state index contributed by atoms with van der Waals surface area (Å²) in [6.07, 6.45) is 8.11.